The summed E-state index contributed by atoms with van der Waals surface area (Å²) in [6.07, 6.45) is 5.31. The Morgan fingerprint density at radius 3 is 2.19 bits per heavy atom. The van der Waals surface area contributed by atoms with Crippen LogP contribution in [0.25, 0.3) is 0 Å². The number of carbonyl (C=O) groups excluding carboxylic acids is 2. The maximum Gasteiger partial charge on any atom is 0.509 e. The predicted molar refractivity (Wildman–Crippen MR) is 99.1 cm³/mol. The van der Waals surface area contributed by atoms with Crippen molar-refractivity contribution >= 4 is 12.3 Å². The van der Waals surface area contributed by atoms with Crippen molar-refractivity contribution in [2.75, 3.05) is 6.61 Å². The van der Waals surface area contributed by atoms with E-state index in [1.165, 1.54) is 0 Å². The van der Waals surface area contributed by atoms with E-state index in [0.717, 1.165) is 44.9 Å². The number of carbonyl (C=O) groups is 2. The van der Waals surface area contributed by atoms with Crippen LogP contribution >= 0.6 is 0 Å². The molecule has 0 heterocycles. The van der Waals surface area contributed by atoms with Gasteiger partial charge in [-0.3, -0.25) is 0 Å². The van der Waals surface area contributed by atoms with E-state index in [1.54, 1.807) is 20.8 Å². The summed E-state index contributed by atoms with van der Waals surface area (Å²) in [6, 6.07) is 0. The summed E-state index contributed by atoms with van der Waals surface area (Å²) in [5, 5.41) is 0. The van der Waals surface area contributed by atoms with E-state index in [4.69, 9.17) is 18.9 Å². The van der Waals surface area contributed by atoms with E-state index < -0.39 is 17.9 Å². The molecule has 1 rings (SSSR count). The minimum atomic E-state index is -0.674. The minimum absolute atomic E-state index is 0.278. The first-order valence-electron chi connectivity index (χ1n) is 9.96. The quantitative estimate of drug-likeness (QED) is 0.515. The molecule has 3 atom stereocenters. The zero-order chi connectivity index (χ0) is 19.6. The first kappa shape index (κ1) is 22.6. The second-order valence-corrected chi connectivity index (χ2v) is 8.09. The molecule has 3 unspecified atom stereocenters. The second kappa shape index (κ2) is 11.3. The van der Waals surface area contributed by atoms with Gasteiger partial charge >= 0.3 is 12.3 Å². The average molecular weight is 373 g/mol. The monoisotopic (exact) mass is 372 g/mol. The van der Waals surface area contributed by atoms with Gasteiger partial charge < -0.3 is 18.9 Å². The van der Waals surface area contributed by atoms with E-state index >= 15 is 0 Å². The molecule has 0 aromatic rings. The summed E-state index contributed by atoms with van der Waals surface area (Å²) in [6.45, 7) is 10.0. The Labute approximate surface area is 157 Å². The Morgan fingerprint density at radius 2 is 1.65 bits per heavy atom. The van der Waals surface area contributed by atoms with Crippen molar-refractivity contribution in [2.45, 2.75) is 104 Å². The molecule has 0 spiro atoms. The van der Waals surface area contributed by atoms with Crippen LogP contribution in [0.2, 0.25) is 0 Å². The molecule has 1 fully saturated rings. The maximum absolute atomic E-state index is 11.9. The van der Waals surface area contributed by atoms with Crippen LogP contribution < -0.4 is 0 Å². The fraction of sp³-hybridized carbons (Fsp3) is 0.900. The van der Waals surface area contributed by atoms with Crippen molar-refractivity contribution in [1.82, 2.24) is 0 Å². The second-order valence-electron chi connectivity index (χ2n) is 8.09. The lowest BCUT2D eigenvalue weighted by Crippen LogP contribution is -2.34. The molecule has 0 aromatic heterocycles. The van der Waals surface area contributed by atoms with Gasteiger partial charge in [-0.15, -0.1) is 0 Å². The molecule has 1 aliphatic carbocycles. The largest absolute Gasteiger partial charge is 0.509 e. The normalized spacial score (nSPS) is 21.6. The van der Waals surface area contributed by atoms with Gasteiger partial charge in [0.1, 0.15) is 17.8 Å². The Hall–Kier alpha value is -1.46. The van der Waals surface area contributed by atoms with Crippen molar-refractivity contribution in [3.63, 3.8) is 0 Å². The number of unbranched alkanes of at least 4 members (excludes halogenated alkanes) is 1. The van der Waals surface area contributed by atoms with Crippen LogP contribution in [0.1, 0.15) is 86.0 Å². The average Bonchev–Trinajstić information content (AvgIpc) is 2.53. The molecule has 26 heavy (non-hydrogen) atoms. The molecule has 6 heteroatoms. The fourth-order valence-electron chi connectivity index (χ4n) is 2.98. The summed E-state index contributed by atoms with van der Waals surface area (Å²) in [4.78, 5) is 23.7. The van der Waals surface area contributed by atoms with E-state index in [0.29, 0.717) is 18.9 Å². The Morgan fingerprint density at radius 1 is 1.04 bits per heavy atom. The summed E-state index contributed by atoms with van der Waals surface area (Å²) in [5.41, 5.74) is -0.584. The highest BCUT2D eigenvalue weighted by molar-refractivity contribution is 5.61. The van der Waals surface area contributed by atoms with Gasteiger partial charge in [0.2, 0.25) is 0 Å². The molecule has 0 radical (unpaired) electrons. The van der Waals surface area contributed by atoms with Gasteiger partial charge in [0.25, 0.3) is 0 Å². The zero-order valence-electron chi connectivity index (χ0n) is 17.0. The molecule has 0 amide bonds. The van der Waals surface area contributed by atoms with Gasteiger partial charge in [0.05, 0.1) is 6.61 Å². The molecule has 0 bridgehead atoms. The van der Waals surface area contributed by atoms with Crippen molar-refractivity contribution in [3.8, 4) is 0 Å². The van der Waals surface area contributed by atoms with Gasteiger partial charge in [-0.2, -0.15) is 0 Å². The zero-order valence-corrected chi connectivity index (χ0v) is 17.0. The molecular weight excluding hydrogens is 336 g/mol. The fourth-order valence-corrected chi connectivity index (χ4v) is 2.98. The molecule has 1 aliphatic rings. The summed E-state index contributed by atoms with van der Waals surface area (Å²) in [5.74, 6) is 0.386. The molecule has 0 saturated heterocycles. The SMILES string of the molecule is CCCCC(CC)COC(=O)OC1CCCC(OC(=O)OC(C)(C)C)C1. The Kier molecular flexibility index (Phi) is 9.81. The highest BCUT2D eigenvalue weighted by Crippen LogP contribution is 2.25. The van der Waals surface area contributed by atoms with Crippen LogP contribution in [0.3, 0.4) is 0 Å². The summed E-state index contributed by atoms with van der Waals surface area (Å²) >= 11 is 0. The number of hydrogen-bond donors (Lipinski definition) is 0. The summed E-state index contributed by atoms with van der Waals surface area (Å²) < 4.78 is 21.2. The first-order chi connectivity index (χ1) is 12.2. The first-order valence-corrected chi connectivity index (χ1v) is 9.96. The van der Waals surface area contributed by atoms with Crippen molar-refractivity contribution in [3.05, 3.63) is 0 Å². The number of rotatable bonds is 8. The lowest BCUT2D eigenvalue weighted by atomic mass is 9.95. The molecule has 0 aromatic carbocycles. The van der Waals surface area contributed by atoms with Crippen molar-refractivity contribution in [2.24, 2.45) is 5.92 Å². The number of ether oxygens (including phenoxy) is 4. The van der Waals surface area contributed by atoms with Crippen LogP contribution in [0, 0.1) is 5.92 Å². The van der Waals surface area contributed by atoms with Crippen LogP contribution in [-0.4, -0.2) is 36.7 Å². The molecule has 0 aliphatic heterocycles. The van der Waals surface area contributed by atoms with Gasteiger partial charge in [0.15, 0.2) is 0 Å². The van der Waals surface area contributed by atoms with E-state index in [2.05, 4.69) is 13.8 Å². The van der Waals surface area contributed by atoms with Gasteiger partial charge in [-0.25, -0.2) is 9.59 Å². The third kappa shape index (κ3) is 9.88. The lowest BCUT2D eigenvalue weighted by molar-refractivity contribution is -0.0558. The minimum Gasteiger partial charge on any atom is -0.434 e. The van der Waals surface area contributed by atoms with Crippen LogP contribution in [0.4, 0.5) is 9.59 Å². The van der Waals surface area contributed by atoms with Gasteiger partial charge in [0, 0.05) is 6.42 Å². The molecule has 152 valence electrons. The molecular formula is C20H36O6. The Bertz CT molecular complexity index is 429. The van der Waals surface area contributed by atoms with Gasteiger partial charge in [-0.1, -0.05) is 33.1 Å². The van der Waals surface area contributed by atoms with E-state index in [-0.39, 0.29) is 12.2 Å². The van der Waals surface area contributed by atoms with Gasteiger partial charge in [-0.05, 0) is 52.4 Å². The van der Waals surface area contributed by atoms with Crippen molar-refractivity contribution < 1.29 is 28.5 Å². The molecule has 6 nitrogen and oxygen atoms in total. The van der Waals surface area contributed by atoms with E-state index in [1.807, 2.05) is 0 Å². The van der Waals surface area contributed by atoms with Crippen LogP contribution in [0.15, 0.2) is 0 Å². The molecule has 0 N–H and O–H groups in total. The highest BCUT2D eigenvalue weighted by atomic mass is 16.7. The topological polar surface area (TPSA) is 71.1 Å². The molecule has 1 saturated carbocycles. The summed E-state index contributed by atoms with van der Waals surface area (Å²) in [7, 11) is 0. The third-order valence-electron chi connectivity index (χ3n) is 4.47. The highest BCUT2D eigenvalue weighted by Gasteiger charge is 2.29. The predicted octanol–water partition coefficient (Wildman–Crippen LogP) is 5.62. The standard InChI is InChI=1S/C20H36O6/c1-6-8-10-15(7-2)14-23-18(21)24-16-11-9-12-17(13-16)25-19(22)26-20(3,4)5/h15-17H,6-14H2,1-5H3. The number of hydrogen-bond acceptors (Lipinski definition) is 6. The smallest absolute Gasteiger partial charge is 0.434 e. The third-order valence-corrected chi connectivity index (χ3v) is 4.47. The van der Waals surface area contributed by atoms with E-state index in [9.17, 15) is 9.59 Å². The van der Waals surface area contributed by atoms with Crippen molar-refractivity contribution in [1.29, 1.82) is 0 Å². The Balaban J connectivity index is 2.33. The lowest BCUT2D eigenvalue weighted by Gasteiger charge is -2.29. The van der Waals surface area contributed by atoms with Crippen LogP contribution in [0.5, 0.6) is 0 Å². The van der Waals surface area contributed by atoms with Crippen LogP contribution in [-0.2, 0) is 18.9 Å². The maximum atomic E-state index is 11.9.